The van der Waals surface area contributed by atoms with E-state index in [1.54, 1.807) is 20.8 Å². The second-order valence-corrected chi connectivity index (χ2v) is 6.11. The third-order valence-electron chi connectivity index (χ3n) is 2.98. The second-order valence-electron chi connectivity index (χ2n) is 6.11. The highest BCUT2D eigenvalue weighted by atomic mass is 19.1. The Labute approximate surface area is 132 Å². The summed E-state index contributed by atoms with van der Waals surface area (Å²) in [6, 6.07) is 4.01. The van der Waals surface area contributed by atoms with Crippen LogP contribution in [0.1, 0.15) is 20.8 Å². The maximum Gasteiger partial charge on any atom is 0.412 e. The van der Waals surface area contributed by atoms with Crippen molar-refractivity contribution in [3.05, 3.63) is 34.5 Å². The van der Waals surface area contributed by atoms with E-state index in [4.69, 9.17) is 4.74 Å². The monoisotopic (exact) mass is 322 g/mol. The lowest BCUT2D eigenvalue weighted by atomic mass is 10.1. The number of benzene rings is 1. The van der Waals surface area contributed by atoms with Crippen molar-refractivity contribution >= 4 is 11.8 Å². The van der Waals surface area contributed by atoms with E-state index in [2.05, 4.69) is 10.4 Å². The van der Waals surface area contributed by atoms with Gasteiger partial charge in [-0.05, 0) is 39.0 Å². The molecule has 0 fully saturated rings. The van der Waals surface area contributed by atoms with Crippen LogP contribution in [-0.4, -0.2) is 26.0 Å². The summed E-state index contributed by atoms with van der Waals surface area (Å²) in [6.45, 7) is 5.23. The minimum atomic E-state index is -0.648. The second kappa shape index (κ2) is 5.86. The van der Waals surface area contributed by atoms with Gasteiger partial charge in [-0.3, -0.25) is 9.88 Å². The molecule has 0 saturated carbocycles. The van der Waals surface area contributed by atoms with Gasteiger partial charge in [0.2, 0.25) is 0 Å². The van der Waals surface area contributed by atoms with Crippen molar-refractivity contribution in [2.75, 3.05) is 5.32 Å². The van der Waals surface area contributed by atoms with Crippen LogP contribution in [0.15, 0.2) is 23.0 Å². The molecule has 0 saturated heterocycles. The molecule has 0 unspecified atom stereocenters. The van der Waals surface area contributed by atoms with Crippen LogP contribution in [-0.2, 0) is 18.8 Å². The summed E-state index contributed by atoms with van der Waals surface area (Å²) in [5.41, 5.74) is -0.560. The van der Waals surface area contributed by atoms with Crippen molar-refractivity contribution in [1.82, 2.24) is 14.3 Å². The highest BCUT2D eigenvalue weighted by Gasteiger charge is 2.18. The summed E-state index contributed by atoms with van der Waals surface area (Å²) < 4.78 is 21.6. The molecule has 1 heterocycles. The van der Waals surface area contributed by atoms with Gasteiger partial charge in [0.1, 0.15) is 11.4 Å². The number of halogens is 1. The number of hydrogen-bond acceptors (Lipinski definition) is 4. The van der Waals surface area contributed by atoms with E-state index in [9.17, 15) is 14.0 Å². The number of nitrogens with zero attached hydrogens (tertiary/aromatic N) is 3. The van der Waals surface area contributed by atoms with Gasteiger partial charge in [-0.1, -0.05) is 0 Å². The summed E-state index contributed by atoms with van der Waals surface area (Å²) in [4.78, 5) is 23.5. The van der Waals surface area contributed by atoms with Gasteiger partial charge in [-0.15, -0.1) is 5.10 Å². The molecule has 8 heteroatoms. The third-order valence-corrected chi connectivity index (χ3v) is 2.98. The molecule has 0 radical (unpaired) electrons. The maximum atomic E-state index is 14.1. The van der Waals surface area contributed by atoms with E-state index in [0.29, 0.717) is 5.69 Å². The molecular weight excluding hydrogens is 303 g/mol. The molecular formula is C15H19FN4O3. The lowest BCUT2D eigenvalue weighted by molar-refractivity contribution is 0.0636. The number of carbonyl (C=O) groups is 1. The standard InChI is InChI=1S/C15H19FN4O3/c1-15(2,3)23-13(21)17-9-6-7-11(16)10(8-9)12-18-20(5)14(22)19(12)4/h6-8H,1-5H3,(H,17,21). The van der Waals surface area contributed by atoms with Crippen molar-refractivity contribution in [1.29, 1.82) is 0 Å². The number of nitrogens with one attached hydrogen (secondary N) is 1. The first-order chi connectivity index (χ1) is 10.6. The Balaban J connectivity index is 2.35. The molecule has 0 spiro atoms. The number of carbonyl (C=O) groups excluding carboxylic acids is 1. The van der Waals surface area contributed by atoms with Crippen molar-refractivity contribution in [3.63, 3.8) is 0 Å². The molecule has 0 bridgehead atoms. The summed E-state index contributed by atoms with van der Waals surface area (Å²) in [7, 11) is 2.98. The predicted molar refractivity (Wildman–Crippen MR) is 83.7 cm³/mol. The fourth-order valence-corrected chi connectivity index (χ4v) is 1.99. The number of anilines is 1. The van der Waals surface area contributed by atoms with Gasteiger partial charge in [0, 0.05) is 19.8 Å². The SMILES string of the molecule is Cn1nc(-c2cc(NC(=O)OC(C)(C)C)ccc2F)n(C)c1=O. The number of hydrogen-bond donors (Lipinski definition) is 1. The summed E-state index contributed by atoms with van der Waals surface area (Å²) in [5, 5.41) is 6.53. The Morgan fingerprint density at radius 1 is 1.30 bits per heavy atom. The molecule has 1 aromatic carbocycles. The smallest absolute Gasteiger partial charge is 0.412 e. The van der Waals surface area contributed by atoms with Gasteiger partial charge in [0.05, 0.1) is 5.56 Å². The number of aromatic nitrogens is 3. The van der Waals surface area contributed by atoms with Gasteiger partial charge >= 0.3 is 11.8 Å². The van der Waals surface area contributed by atoms with Crippen LogP contribution in [0.4, 0.5) is 14.9 Å². The van der Waals surface area contributed by atoms with Crippen molar-refractivity contribution < 1.29 is 13.9 Å². The summed E-state index contributed by atoms with van der Waals surface area (Å²) >= 11 is 0. The fourth-order valence-electron chi connectivity index (χ4n) is 1.99. The minimum absolute atomic E-state index is 0.110. The van der Waals surface area contributed by atoms with Crippen LogP contribution < -0.4 is 11.0 Å². The quantitative estimate of drug-likeness (QED) is 0.920. The number of rotatable bonds is 2. The van der Waals surface area contributed by atoms with E-state index < -0.39 is 17.5 Å². The number of aryl methyl sites for hydroxylation is 1. The third kappa shape index (κ3) is 3.77. The van der Waals surface area contributed by atoms with Crippen LogP contribution in [0.2, 0.25) is 0 Å². The molecule has 2 rings (SSSR count). The molecule has 23 heavy (non-hydrogen) atoms. The van der Waals surface area contributed by atoms with Gasteiger partial charge in [0.25, 0.3) is 0 Å². The molecule has 1 amide bonds. The Kier molecular flexibility index (Phi) is 4.26. The Morgan fingerprint density at radius 3 is 2.48 bits per heavy atom. The fraction of sp³-hybridized carbons (Fsp3) is 0.400. The highest BCUT2D eigenvalue weighted by Crippen LogP contribution is 2.24. The van der Waals surface area contributed by atoms with E-state index >= 15 is 0 Å². The van der Waals surface area contributed by atoms with Crippen molar-refractivity contribution in [2.45, 2.75) is 26.4 Å². The number of amides is 1. The van der Waals surface area contributed by atoms with E-state index in [0.717, 1.165) is 4.68 Å². The van der Waals surface area contributed by atoms with Crippen molar-refractivity contribution in [3.8, 4) is 11.4 Å². The van der Waals surface area contributed by atoms with Gasteiger partial charge in [-0.2, -0.15) is 0 Å². The Hall–Kier alpha value is -2.64. The largest absolute Gasteiger partial charge is 0.444 e. The lowest BCUT2D eigenvalue weighted by Crippen LogP contribution is -2.27. The first-order valence-corrected chi connectivity index (χ1v) is 6.98. The first-order valence-electron chi connectivity index (χ1n) is 6.98. The summed E-state index contributed by atoms with van der Waals surface area (Å²) in [6.07, 6.45) is -0.648. The Bertz CT molecular complexity index is 802. The van der Waals surface area contributed by atoms with Crippen molar-refractivity contribution in [2.24, 2.45) is 14.1 Å². The van der Waals surface area contributed by atoms with Crippen LogP contribution in [0.25, 0.3) is 11.4 Å². The topological polar surface area (TPSA) is 78.2 Å². The minimum Gasteiger partial charge on any atom is -0.444 e. The highest BCUT2D eigenvalue weighted by molar-refractivity contribution is 5.85. The van der Waals surface area contributed by atoms with E-state index in [1.165, 1.54) is 36.9 Å². The zero-order chi connectivity index (χ0) is 17.4. The Morgan fingerprint density at radius 2 is 1.96 bits per heavy atom. The normalized spacial score (nSPS) is 11.4. The molecule has 0 atom stereocenters. The molecule has 1 aromatic heterocycles. The van der Waals surface area contributed by atoms with E-state index in [1.807, 2.05) is 0 Å². The van der Waals surface area contributed by atoms with Crippen LogP contribution in [0.3, 0.4) is 0 Å². The molecule has 0 aliphatic carbocycles. The maximum absolute atomic E-state index is 14.1. The molecule has 124 valence electrons. The molecule has 1 N–H and O–H groups in total. The van der Waals surface area contributed by atoms with Crippen LogP contribution in [0, 0.1) is 5.82 Å². The predicted octanol–water partition coefficient (Wildman–Crippen LogP) is 2.27. The average Bonchev–Trinajstić information content (AvgIpc) is 2.66. The zero-order valence-electron chi connectivity index (χ0n) is 13.7. The van der Waals surface area contributed by atoms with Crippen LogP contribution >= 0.6 is 0 Å². The average molecular weight is 322 g/mol. The first kappa shape index (κ1) is 16.7. The molecule has 2 aromatic rings. The molecule has 0 aliphatic rings. The molecule has 0 aliphatic heterocycles. The van der Waals surface area contributed by atoms with Gasteiger partial charge < -0.3 is 4.74 Å². The van der Waals surface area contributed by atoms with Gasteiger partial charge in [-0.25, -0.2) is 18.7 Å². The zero-order valence-corrected chi connectivity index (χ0v) is 13.7. The van der Waals surface area contributed by atoms with Gasteiger partial charge in [0.15, 0.2) is 5.82 Å². The van der Waals surface area contributed by atoms with Crippen LogP contribution in [0.5, 0.6) is 0 Å². The molecule has 7 nitrogen and oxygen atoms in total. The van der Waals surface area contributed by atoms with E-state index in [-0.39, 0.29) is 17.1 Å². The number of ether oxygens (including phenoxy) is 1. The summed E-state index contributed by atoms with van der Waals surface area (Å²) in [5.74, 6) is -0.378. The lowest BCUT2D eigenvalue weighted by Gasteiger charge is -2.19.